The predicted molar refractivity (Wildman–Crippen MR) is 79.9 cm³/mol. The molecule has 2 heterocycles. The molecule has 0 atom stereocenters. The number of hydrogen-bond donors (Lipinski definition) is 2. The molecule has 2 rings (SSSR count). The molecule has 21 heavy (non-hydrogen) atoms. The Bertz CT molecular complexity index is 759. The second kappa shape index (κ2) is 6.00. The highest BCUT2D eigenvalue weighted by atomic mass is 32.2. The Morgan fingerprint density at radius 1 is 1.33 bits per heavy atom. The van der Waals surface area contributed by atoms with Gasteiger partial charge in [0.05, 0.1) is 12.1 Å². The number of carbonyl (C=O) groups excluding carboxylic acids is 1. The van der Waals surface area contributed by atoms with E-state index in [2.05, 4.69) is 10.0 Å². The first kappa shape index (κ1) is 15.7. The number of nitrogens with one attached hydrogen (secondary N) is 2. The molecule has 1 amide bonds. The smallest absolute Gasteiger partial charge is 0.255 e. The monoisotopic (exact) mass is 328 g/mol. The molecule has 2 aromatic heterocycles. The standard InChI is InChI=1S/C13H16N2O4S2/c1-8-6-11(9(2)19-8)13(16)15-7-10-4-5-12(20-10)21(17,18)14-3/h4-6,14H,7H2,1-3H3,(H,15,16). The zero-order valence-electron chi connectivity index (χ0n) is 11.9. The molecular weight excluding hydrogens is 312 g/mol. The van der Waals surface area contributed by atoms with E-state index in [0.29, 0.717) is 17.1 Å². The highest BCUT2D eigenvalue weighted by molar-refractivity contribution is 7.91. The van der Waals surface area contributed by atoms with Crippen LogP contribution < -0.4 is 10.0 Å². The molecule has 0 saturated heterocycles. The van der Waals surface area contributed by atoms with Gasteiger partial charge in [0.15, 0.2) is 0 Å². The average molecular weight is 328 g/mol. The Balaban J connectivity index is 2.04. The Hall–Kier alpha value is -1.64. The average Bonchev–Trinajstić information content (AvgIpc) is 3.03. The number of carbonyl (C=O) groups is 1. The maximum atomic E-state index is 12.0. The van der Waals surface area contributed by atoms with Gasteiger partial charge in [0.25, 0.3) is 5.91 Å². The van der Waals surface area contributed by atoms with E-state index >= 15 is 0 Å². The van der Waals surface area contributed by atoms with E-state index in [9.17, 15) is 13.2 Å². The molecule has 0 aliphatic carbocycles. The summed E-state index contributed by atoms with van der Waals surface area (Å²) in [5.74, 6) is 1.00. The topological polar surface area (TPSA) is 88.4 Å². The lowest BCUT2D eigenvalue weighted by atomic mass is 10.2. The van der Waals surface area contributed by atoms with Crippen molar-refractivity contribution in [2.24, 2.45) is 0 Å². The van der Waals surface area contributed by atoms with Crippen molar-refractivity contribution in [3.8, 4) is 0 Å². The van der Waals surface area contributed by atoms with Crippen molar-refractivity contribution in [2.75, 3.05) is 7.05 Å². The van der Waals surface area contributed by atoms with Gasteiger partial charge in [-0.3, -0.25) is 4.79 Å². The minimum atomic E-state index is -3.43. The molecule has 0 spiro atoms. The van der Waals surface area contributed by atoms with Crippen molar-refractivity contribution in [1.82, 2.24) is 10.0 Å². The molecule has 0 radical (unpaired) electrons. The van der Waals surface area contributed by atoms with Crippen LogP contribution >= 0.6 is 11.3 Å². The van der Waals surface area contributed by atoms with Crippen LogP contribution in [0.2, 0.25) is 0 Å². The zero-order chi connectivity index (χ0) is 15.6. The van der Waals surface area contributed by atoms with Gasteiger partial charge in [-0.2, -0.15) is 0 Å². The third-order valence-corrected chi connectivity index (χ3v) is 5.87. The summed E-state index contributed by atoms with van der Waals surface area (Å²) >= 11 is 1.12. The van der Waals surface area contributed by atoms with E-state index in [1.807, 2.05) is 0 Å². The van der Waals surface area contributed by atoms with Crippen molar-refractivity contribution >= 4 is 27.3 Å². The summed E-state index contributed by atoms with van der Waals surface area (Å²) in [4.78, 5) is 12.8. The van der Waals surface area contributed by atoms with Gasteiger partial charge in [-0.1, -0.05) is 0 Å². The van der Waals surface area contributed by atoms with Crippen molar-refractivity contribution < 1.29 is 17.6 Å². The first-order valence-electron chi connectivity index (χ1n) is 6.21. The van der Waals surface area contributed by atoms with Gasteiger partial charge in [0.2, 0.25) is 10.0 Å². The normalized spacial score (nSPS) is 11.6. The molecule has 0 fully saturated rings. The van der Waals surface area contributed by atoms with E-state index < -0.39 is 10.0 Å². The Morgan fingerprint density at radius 3 is 2.62 bits per heavy atom. The summed E-state index contributed by atoms with van der Waals surface area (Å²) in [6, 6.07) is 4.88. The van der Waals surface area contributed by atoms with E-state index in [4.69, 9.17) is 4.42 Å². The van der Waals surface area contributed by atoms with E-state index in [1.54, 1.807) is 26.0 Å². The van der Waals surface area contributed by atoms with Gasteiger partial charge in [-0.25, -0.2) is 13.1 Å². The van der Waals surface area contributed by atoms with Crippen molar-refractivity contribution in [3.63, 3.8) is 0 Å². The van der Waals surface area contributed by atoms with Gasteiger partial charge in [0.1, 0.15) is 15.7 Å². The highest BCUT2D eigenvalue weighted by Gasteiger charge is 2.16. The van der Waals surface area contributed by atoms with Gasteiger partial charge in [0, 0.05) is 4.88 Å². The maximum absolute atomic E-state index is 12.0. The Morgan fingerprint density at radius 2 is 2.05 bits per heavy atom. The number of thiophene rings is 1. The van der Waals surface area contributed by atoms with Gasteiger partial charge >= 0.3 is 0 Å². The number of rotatable bonds is 5. The lowest BCUT2D eigenvalue weighted by Crippen LogP contribution is -2.22. The molecule has 0 aliphatic rings. The summed E-state index contributed by atoms with van der Waals surface area (Å²) < 4.78 is 31.0. The summed E-state index contributed by atoms with van der Waals surface area (Å²) in [5.41, 5.74) is 0.493. The molecule has 8 heteroatoms. The molecule has 0 aromatic carbocycles. The van der Waals surface area contributed by atoms with E-state index in [1.165, 1.54) is 13.1 Å². The third kappa shape index (κ3) is 3.52. The van der Waals surface area contributed by atoms with Gasteiger partial charge in [-0.05, 0) is 39.1 Å². The molecule has 0 unspecified atom stereocenters. The number of sulfonamides is 1. The quantitative estimate of drug-likeness (QED) is 0.876. The largest absolute Gasteiger partial charge is 0.466 e. The predicted octanol–water partition coefficient (Wildman–Crippen LogP) is 1.80. The third-order valence-electron chi connectivity index (χ3n) is 2.88. The molecule has 114 valence electrons. The number of furan rings is 1. The molecule has 2 aromatic rings. The number of aryl methyl sites for hydroxylation is 2. The lowest BCUT2D eigenvalue weighted by molar-refractivity contribution is 0.0950. The second-order valence-corrected chi connectivity index (χ2v) is 7.72. The van der Waals surface area contributed by atoms with Gasteiger partial charge in [-0.15, -0.1) is 11.3 Å². The van der Waals surface area contributed by atoms with E-state index in [-0.39, 0.29) is 16.7 Å². The molecule has 2 N–H and O–H groups in total. The first-order chi connectivity index (χ1) is 9.83. The lowest BCUT2D eigenvalue weighted by Gasteiger charge is -2.02. The van der Waals surface area contributed by atoms with Crippen LogP contribution in [0.1, 0.15) is 26.8 Å². The minimum absolute atomic E-state index is 0.226. The highest BCUT2D eigenvalue weighted by Crippen LogP contribution is 2.21. The van der Waals surface area contributed by atoms with Crippen molar-refractivity contribution in [3.05, 3.63) is 40.2 Å². The van der Waals surface area contributed by atoms with Crippen LogP contribution in [0.4, 0.5) is 0 Å². The molecule has 0 aliphatic heterocycles. The molecular formula is C13H16N2O4S2. The van der Waals surface area contributed by atoms with Crippen LogP contribution in [-0.4, -0.2) is 21.4 Å². The molecule has 0 saturated carbocycles. The molecule has 0 bridgehead atoms. The summed E-state index contributed by atoms with van der Waals surface area (Å²) in [6.45, 7) is 3.77. The maximum Gasteiger partial charge on any atom is 0.255 e. The van der Waals surface area contributed by atoms with Crippen molar-refractivity contribution in [1.29, 1.82) is 0 Å². The Labute approximate surface area is 127 Å². The van der Waals surface area contributed by atoms with Crippen LogP contribution in [0.25, 0.3) is 0 Å². The van der Waals surface area contributed by atoms with Crippen molar-refractivity contribution in [2.45, 2.75) is 24.6 Å². The number of amides is 1. The Kier molecular flexibility index (Phi) is 4.50. The van der Waals surface area contributed by atoms with Crippen LogP contribution in [-0.2, 0) is 16.6 Å². The summed E-state index contributed by atoms with van der Waals surface area (Å²) in [7, 11) is -2.07. The number of hydrogen-bond acceptors (Lipinski definition) is 5. The fourth-order valence-electron chi connectivity index (χ4n) is 1.82. The molecule has 6 nitrogen and oxygen atoms in total. The van der Waals surface area contributed by atoms with Crippen LogP contribution in [0.3, 0.4) is 0 Å². The minimum Gasteiger partial charge on any atom is -0.466 e. The van der Waals surface area contributed by atoms with E-state index in [0.717, 1.165) is 16.2 Å². The van der Waals surface area contributed by atoms with Gasteiger partial charge < -0.3 is 9.73 Å². The first-order valence-corrected chi connectivity index (χ1v) is 8.51. The second-order valence-electron chi connectivity index (χ2n) is 4.44. The summed E-state index contributed by atoms with van der Waals surface area (Å²) in [6.07, 6.45) is 0. The SMILES string of the molecule is CNS(=O)(=O)c1ccc(CNC(=O)c2cc(C)oc2C)s1. The van der Waals surface area contributed by atoms with Crippen LogP contribution in [0.5, 0.6) is 0 Å². The van der Waals surface area contributed by atoms with Crippen LogP contribution in [0.15, 0.2) is 26.8 Å². The fraction of sp³-hybridized carbons (Fsp3) is 0.308. The zero-order valence-corrected chi connectivity index (χ0v) is 13.5. The fourth-order valence-corrected chi connectivity index (χ4v) is 3.95. The van der Waals surface area contributed by atoms with Crippen LogP contribution in [0, 0.1) is 13.8 Å². The summed E-state index contributed by atoms with van der Waals surface area (Å²) in [5, 5.41) is 2.75.